The Morgan fingerprint density at radius 1 is 1.19 bits per heavy atom. The van der Waals surface area contributed by atoms with E-state index >= 15 is 0 Å². The van der Waals surface area contributed by atoms with Crippen LogP contribution in [0.5, 0.6) is 11.5 Å². The summed E-state index contributed by atoms with van der Waals surface area (Å²) in [4.78, 5) is 24.4. The molecule has 4 atom stereocenters. The number of carbonyl (C=O) groups excluding carboxylic acids is 1. The Labute approximate surface area is 243 Å². The number of hydrogen-bond donors (Lipinski definition) is 4. The topological polar surface area (TPSA) is 163 Å². The fourth-order valence-electron chi connectivity index (χ4n) is 5.05. The molecule has 2 heterocycles. The van der Waals surface area contributed by atoms with Crippen LogP contribution in [0, 0.1) is 6.92 Å². The fourth-order valence-corrected chi connectivity index (χ4v) is 5.05. The van der Waals surface area contributed by atoms with Crippen molar-refractivity contribution >= 4 is 22.7 Å². The number of carbonyl (C=O) groups is 1. The van der Waals surface area contributed by atoms with Gasteiger partial charge in [0.05, 0.1) is 5.60 Å². The third-order valence-corrected chi connectivity index (χ3v) is 7.23. The van der Waals surface area contributed by atoms with Gasteiger partial charge in [0.1, 0.15) is 28.9 Å². The highest BCUT2D eigenvalue weighted by molar-refractivity contribution is 5.84. The zero-order chi connectivity index (χ0) is 30.8. The lowest BCUT2D eigenvalue weighted by molar-refractivity contribution is -0.304. The first-order chi connectivity index (χ1) is 19.8. The van der Waals surface area contributed by atoms with Crippen LogP contribution in [0.4, 0.5) is 10.5 Å². The Morgan fingerprint density at radius 3 is 2.60 bits per heavy atom. The van der Waals surface area contributed by atoms with Gasteiger partial charge in [-0.3, -0.25) is 0 Å². The summed E-state index contributed by atoms with van der Waals surface area (Å²) in [5.41, 5.74) is 7.58. The van der Waals surface area contributed by atoms with Crippen LogP contribution in [-0.4, -0.2) is 53.6 Å². The van der Waals surface area contributed by atoms with E-state index in [1.54, 1.807) is 51.1 Å². The van der Waals surface area contributed by atoms with Gasteiger partial charge in [-0.05, 0) is 76.4 Å². The van der Waals surface area contributed by atoms with Crippen molar-refractivity contribution in [2.24, 2.45) is 5.73 Å². The molecule has 1 amide bonds. The monoisotopic (exact) mass is 582 g/mol. The summed E-state index contributed by atoms with van der Waals surface area (Å²) in [6.07, 6.45) is -3.05. The summed E-state index contributed by atoms with van der Waals surface area (Å²) < 4.78 is 28.2. The van der Waals surface area contributed by atoms with Gasteiger partial charge in [-0.2, -0.15) is 0 Å². The minimum atomic E-state index is -1.42. The standard InChI is InChI=1S/C31H38N2O9/c1-16(2)7-9-19-13-18(8-11-22(19)34)15-33-21-14-20-10-12-23(17(3)25(20)40-28(21)36)39-29-24(35)26(41-30(32)37)27(38-6)31(4,5)42-29/h7-8,10-14,24,26-27,29,33-35H,9,15H2,1-6H3,(H2,32,37). The van der Waals surface area contributed by atoms with Gasteiger partial charge in [0.15, 0.2) is 12.2 Å². The van der Waals surface area contributed by atoms with E-state index in [0.29, 0.717) is 35.2 Å². The van der Waals surface area contributed by atoms with Crippen molar-refractivity contribution in [3.8, 4) is 11.5 Å². The Hall–Kier alpha value is -4.06. The summed E-state index contributed by atoms with van der Waals surface area (Å²) in [6, 6.07) is 10.4. The Bertz CT molecular complexity index is 1540. The number of aryl methyl sites for hydroxylation is 1. The number of phenols is 1. The highest BCUT2D eigenvalue weighted by Crippen LogP contribution is 2.36. The van der Waals surface area contributed by atoms with Crippen LogP contribution >= 0.6 is 0 Å². The number of anilines is 1. The largest absolute Gasteiger partial charge is 0.508 e. The normalized spacial score (nSPS) is 21.5. The number of allylic oxidation sites excluding steroid dienone is 2. The quantitative estimate of drug-likeness (QED) is 0.212. The average molecular weight is 583 g/mol. The Kier molecular flexibility index (Phi) is 9.15. The lowest BCUT2D eigenvalue weighted by Gasteiger charge is -2.47. The number of methoxy groups -OCH3 is 1. The Morgan fingerprint density at radius 2 is 1.93 bits per heavy atom. The number of aliphatic hydroxyl groups excluding tert-OH is 1. The molecular weight excluding hydrogens is 544 g/mol. The number of phenolic OH excluding ortho intramolecular Hbond substituents is 1. The van der Waals surface area contributed by atoms with Gasteiger partial charge in [0, 0.05) is 24.6 Å². The van der Waals surface area contributed by atoms with E-state index in [1.165, 1.54) is 7.11 Å². The highest BCUT2D eigenvalue weighted by Gasteiger charge is 2.53. The van der Waals surface area contributed by atoms with Crippen LogP contribution in [0.25, 0.3) is 11.0 Å². The third kappa shape index (κ3) is 6.70. The number of nitrogens with one attached hydrogen (secondary N) is 1. The predicted octanol–water partition coefficient (Wildman–Crippen LogP) is 4.28. The third-order valence-electron chi connectivity index (χ3n) is 7.23. The van der Waals surface area contributed by atoms with Crippen LogP contribution in [0.2, 0.25) is 0 Å². The SMILES string of the molecule is COC1C(OC(N)=O)C(O)C(Oc2ccc3cc(NCc4ccc(O)c(CC=C(C)C)c4)c(=O)oc3c2C)OC1(C)C. The van der Waals surface area contributed by atoms with Gasteiger partial charge >= 0.3 is 11.7 Å². The fraction of sp³-hybridized carbons (Fsp3) is 0.419. The molecule has 2 aromatic carbocycles. The number of primary amides is 1. The molecule has 226 valence electrons. The lowest BCUT2D eigenvalue weighted by atomic mass is 9.89. The van der Waals surface area contributed by atoms with Gasteiger partial charge in [-0.1, -0.05) is 23.8 Å². The first kappa shape index (κ1) is 30.9. The molecule has 0 saturated carbocycles. The Balaban J connectivity index is 1.55. The lowest BCUT2D eigenvalue weighted by Crippen LogP contribution is -2.65. The number of hydrogen-bond acceptors (Lipinski definition) is 10. The van der Waals surface area contributed by atoms with E-state index in [-0.39, 0.29) is 11.4 Å². The molecule has 11 heteroatoms. The van der Waals surface area contributed by atoms with Gasteiger partial charge in [-0.15, -0.1) is 0 Å². The van der Waals surface area contributed by atoms with Gasteiger partial charge < -0.3 is 44.6 Å². The van der Waals surface area contributed by atoms with Gasteiger partial charge in [0.2, 0.25) is 6.29 Å². The molecular formula is C31H38N2O9. The number of ether oxygens (including phenoxy) is 4. The second-order valence-electron chi connectivity index (χ2n) is 11.1. The maximum Gasteiger partial charge on any atom is 0.404 e. The van der Waals surface area contributed by atoms with Crippen molar-refractivity contribution in [1.29, 1.82) is 0 Å². The van der Waals surface area contributed by atoms with E-state index in [4.69, 9.17) is 29.1 Å². The van der Waals surface area contributed by atoms with E-state index in [0.717, 1.165) is 16.7 Å². The van der Waals surface area contributed by atoms with Crippen LogP contribution in [-0.2, 0) is 27.2 Å². The summed E-state index contributed by atoms with van der Waals surface area (Å²) >= 11 is 0. The number of amides is 1. The predicted molar refractivity (Wildman–Crippen MR) is 157 cm³/mol. The number of aliphatic hydroxyl groups is 1. The van der Waals surface area contributed by atoms with E-state index in [2.05, 4.69) is 5.32 Å². The number of nitrogens with two attached hydrogens (primary N) is 1. The van der Waals surface area contributed by atoms with Gasteiger partial charge in [-0.25, -0.2) is 9.59 Å². The van der Waals surface area contributed by atoms with Crippen LogP contribution in [0.15, 0.2) is 57.3 Å². The van der Waals surface area contributed by atoms with Crippen LogP contribution in [0.3, 0.4) is 0 Å². The summed E-state index contributed by atoms with van der Waals surface area (Å²) in [6.45, 7) is 9.49. The zero-order valence-electron chi connectivity index (χ0n) is 24.6. The number of fused-ring (bicyclic) bond motifs is 1. The van der Waals surface area contributed by atoms with E-state index in [9.17, 15) is 19.8 Å². The smallest absolute Gasteiger partial charge is 0.404 e. The maximum absolute atomic E-state index is 12.9. The van der Waals surface area contributed by atoms with Crippen molar-refractivity contribution < 1.29 is 38.4 Å². The molecule has 0 aliphatic carbocycles. The summed E-state index contributed by atoms with van der Waals surface area (Å²) in [7, 11) is 1.41. The summed E-state index contributed by atoms with van der Waals surface area (Å²) in [5.74, 6) is 0.520. The van der Waals surface area contributed by atoms with Crippen molar-refractivity contribution in [2.45, 2.75) is 77.8 Å². The van der Waals surface area contributed by atoms with Crippen LogP contribution in [0.1, 0.15) is 44.4 Å². The molecule has 1 saturated heterocycles. The molecule has 0 bridgehead atoms. The molecule has 5 N–H and O–H groups in total. The highest BCUT2D eigenvalue weighted by atomic mass is 16.7. The summed E-state index contributed by atoms with van der Waals surface area (Å²) in [5, 5.41) is 24.9. The number of rotatable bonds is 9. The molecule has 1 aliphatic rings. The van der Waals surface area contributed by atoms with Crippen LogP contribution < -0.4 is 21.4 Å². The second-order valence-corrected chi connectivity index (χ2v) is 11.1. The van der Waals surface area contributed by atoms with Crippen molar-refractivity contribution in [3.05, 3.63) is 75.2 Å². The van der Waals surface area contributed by atoms with Crippen molar-refractivity contribution in [1.82, 2.24) is 0 Å². The molecule has 4 rings (SSSR count). The number of benzene rings is 2. The van der Waals surface area contributed by atoms with E-state index < -0.39 is 41.9 Å². The minimum Gasteiger partial charge on any atom is -0.508 e. The molecule has 4 unspecified atom stereocenters. The molecule has 3 aromatic rings. The zero-order valence-corrected chi connectivity index (χ0v) is 24.6. The van der Waals surface area contributed by atoms with Crippen molar-refractivity contribution in [3.63, 3.8) is 0 Å². The molecule has 0 spiro atoms. The molecule has 1 fully saturated rings. The second kappa shape index (κ2) is 12.4. The molecule has 42 heavy (non-hydrogen) atoms. The minimum absolute atomic E-state index is 0.221. The first-order valence-corrected chi connectivity index (χ1v) is 13.6. The van der Waals surface area contributed by atoms with Crippen molar-refractivity contribution in [2.75, 3.05) is 12.4 Å². The van der Waals surface area contributed by atoms with Gasteiger partial charge in [0.25, 0.3) is 0 Å². The molecule has 0 radical (unpaired) electrons. The number of aromatic hydroxyl groups is 1. The molecule has 11 nitrogen and oxygen atoms in total. The maximum atomic E-state index is 12.9. The molecule has 1 aromatic heterocycles. The molecule has 1 aliphatic heterocycles. The first-order valence-electron chi connectivity index (χ1n) is 13.6. The average Bonchev–Trinajstić information content (AvgIpc) is 2.91. The van der Waals surface area contributed by atoms with E-state index in [1.807, 2.05) is 26.0 Å².